The molecule has 8 nitrogen and oxygen atoms in total. The van der Waals surface area contributed by atoms with Gasteiger partial charge in [-0.3, -0.25) is 9.79 Å². The molecule has 0 aliphatic heterocycles. The number of carbonyl (C=O) groups is 1. The number of aliphatic imine (C=N–C) groups is 1. The summed E-state index contributed by atoms with van der Waals surface area (Å²) < 4.78 is 5.01. The lowest BCUT2D eigenvalue weighted by atomic mass is 10.1. The first-order chi connectivity index (χ1) is 9.80. The van der Waals surface area contributed by atoms with Gasteiger partial charge in [0.15, 0.2) is 11.8 Å². The van der Waals surface area contributed by atoms with Crippen LogP contribution in [0.5, 0.6) is 0 Å². The van der Waals surface area contributed by atoms with Crippen molar-refractivity contribution in [1.29, 1.82) is 0 Å². The third kappa shape index (κ3) is 7.28. The summed E-state index contributed by atoms with van der Waals surface area (Å²) in [7, 11) is 1.65. The zero-order valence-corrected chi connectivity index (χ0v) is 13.3. The van der Waals surface area contributed by atoms with E-state index in [4.69, 9.17) is 4.52 Å². The highest BCUT2D eigenvalue weighted by Crippen LogP contribution is 1.97. The van der Waals surface area contributed by atoms with Gasteiger partial charge in [0.25, 0.3) is 0 Å². The Labute approximate surface area is 124 Å². The standard InChI is InChI=1S/C13H24N6O2/c1-9-17-11(21-19-9)6-7-15-12(14-5)16-8-10(20)18-13(2,3)4/h6-8H2,1-5H3,(H,18,20)(H2,14,15,16). The molecule has 0 fully saturated rings. The first-order valence-corrected chi connectivity index (χ1v) is 6.85. The number of hydrogen-bond donors (Lipinski definition) is 3. The van der Waals surface area contributed by atoms with Crippen molar-refractivity contribution >= 4 is 11.9 Å². The minimum absolute atomic E-state index is 0.0852. The van der Waals surface area contributed by atoms with Gasteiger partial charge in [-0.25, -0.2) is 0 Å². The van der Waals surface area contributed by atoms with E-state index in [9.17, 15) is 4.79 Å². The Kier molecular flexibility index (Phi) is 6.13. The summed E-state index contributed by atoms with van der Waals surface area (Å²) in [4.78, 5) is 19.8. The molecule has 0 spiro atoms. The molecule has 118 valence electrons. The lowest BCUT2D eigenvalue weighted by molar-refractivity contribution is -0.121. The predicted octanol–water partition coefficient (Wildman–Crippen LogP) is 0.000220. The quantitative estimate of drug-likeness (QED) is 0.522. The van der Waals surface area contributed by atoms with Gasteiger partial charge >= 0.3 is 0 Å². The summed E-state index contributed by atoms with van der Waals surface area (Å²) in [6.45, 7) is 8.33. The van der Waals surface area contributed by atoms with Gasteiger partial charge in [0.05, 0.1) is 6.54 Å². The number of nitrogens with zero attached hydrogens (tertiary/aromatic N) is 3. The van der Waals surface area contributed by atoms with Crippen molar-refractivity contribution in [2.45, 2.75) is 39.7 Å². The van der Waals surface area contributed by atoms with Crippen LogP contribution in [-0.4, -0.2) is 47.7 Å². The van der Waals surface area contributed by atoms with Crippen molar-refractivity contribution in [2.75, 3.05) is 20.1 Å². The lowest BCUT2D eigenvalue weighted by Crippen LogP contribution is -2.48. The molecule has 0 saturated heterocycles. The third-order valence-corrected chi connectivity index (χ3v) is 2.36. The highest BCUT2D eigenvalue weighted by Gasteiger charge is 2.13. The van der Waals surface area contributed by atoms with Crippen LogP contribution < -0.4 is 16.0 Å². The highest BCUT2D eigenvalue weighted by molar-refractivity contribution is 5.86. The summed E-state index contributed by atoms with van der Waals surface area (Å²) in [6, 6.07) is 0. The number of aryl methyl sites for hydroxylation is 1. The number of nitrogens with one attached hydrogen (secondary N) is 3. The zero-order valence-electron chi connectivity index (χ0n) is 13.3. The van der Waals surface area contributed by atoms with E-state index in [0.717, 1.165) is 0 Å². The average Bonchev–Trinajstić information content (AvgIpc) is 2.77. The van der Waals surface area contributed by atoms with Crippen LogP contribution in [0.2, 0.25) is 0 Å². The van der Waals surface area contributed by atoms with Gasteiger partial charge in [0, 0.05) is 25.6 Å². The van der Waals surface area contributed by atoms with Crippen molar-refractivity contribution in [2.24, 2.45) is 4.99 Å². The number of hydrogen-bond acceptors (Lipinski definition) is 5. The summed E-state index contributed by atoms with van der Waals surface area (Å²) in [5, 5.41) is 12.6. The first kappa shape index (κ1) is 16.9. The number of aromatic nitrogens is 2. The molecule has 1 aromatic rings. The largest absolute Gasteiger partial charge is 0.356 e. The van der Waals surface area contributed by atoms with Gasteiger partial charge in [-0.1, -0.05) is 5.16 Å². The molecule has 1 heterocycles. The Morgan fingerprint density at radius 1 is 1.33 bits per heavy atom. The van der Waals surface area contributed by atoms with Crippen molar-refractivity contribution in [1.82, 2.24) is 26.1 Å². The molecule has 0 bridgehead atoms. The number of carbonyl (C=O) groups excluding carboxylic acids is 1. The Bertz CT molecular complexity index is 489. The van der Waals surface area contributed by atoms with Crippen LogP contribution in [0.15, 0.2) is 9.52 Å². The maximum absolute atomic E-state index is 11.7. The molecule has 1 amide bonds. The molecule has 0 unspecified atom stereocenters. The molecule has 1 aromatic heterocycles. The van der Waals surface area contributed by atoms with Gasteiger partial charge in [-0.2, -0.15) is 4.98 Å². The van der Waals surface area contributed by atoms with Crippen LogP contribution in [0, 0.1) is 6.92 Å². The second kappa shape index (κ2) is 7.61. The fourth-order valence-corrected chi connectivity index (χ4v) is 1.58. The molecule has 1 rings (SSSR count). The van der Waals surface area contributed by atoms with Gasteiger partial charge in [-0.05, 0) is 27.7 Å². The summed E-state index contributed by atoms with van der Waals surface area (Å²) in [5.41, 5.74) is -0.245. The molecular weight excluding hydrogens is 272 g/mol. The summed E-state index contributed by atoms with van der Waals surface area (Å²) in [5.74, 6) is 1.65. The van der Waals surface area contributed by atoms with E-state index in [2.05, 4.69) is 31.1 Å². The molecule has 0 saturated carbocycles. The molecule has 0 aliphatic carbocycles. The minimum Gasteiger partial charge on any atom is -0.356 e. The fourth-order valence-electron chi connectivity index (χ4n) is 1.58. The predicted molar refractivity (Wildman–Crippen MR) is 80.0 cm³/mol. The molecule has 0 aromatic carbocycles. The first-order valence-electron chi connectivity index (χ1n) is 6.85. The van der Waals surface area contributed by atoms with E-state index < -0.39 is 0 Å². The van der Waals surface area contributed by atoms with Crippen LogP contribution in [0.4, 0.5) is 0 Å². The Balaban J connectivity index is 2.27. The zero-order chi connectivity index (χ0) is 15.9. The van der Waals surface area contributed by atoms with Gasteiger partial charge in [0.1, 0.15) is 0 Å². The Morgan fingerprint density at radius 3 is 2.57 bits per heavy atom. The van der Waals surface area contributed by atoms with E-state index in [1.165, 1.54) is 0 Å². The number of guanidine groups is 1. The Hall–Kier alpha value is -2.12. The third-order valence-electron chi connectivity index (χ3n) is 2.36. The topological polar surface area (TPSA) is 104 Å². The van der Waals surface area contributed by atoms with Crippen LogP contribution >= 0.6 is 0 Å². The van der Waals surface area contributed by atoms with Gasteiger partial charge in [-0.15, -0.1) is 0 Å². The highest BCUT2D eigenvalue weighted by atomic mass is 16.5. The van der Waals surface area contributed by atoms with Gasteiger partial charge < -0.3 is 20.5 Å². The van der Waals surface area contributed by atoms with Crippen molar-refractivity contribution in [3.63, 3.8) is 0 Å². The van der Waals surface area contributed by atoms with E-state index in [1.54, 1.807) is 14.0 Å². The fraction of sp³-hybridized carbons (Fsp3) is 0.692. The van der Waals surface area contributed by atoms with Crippen molar-refractivity contribution in [3.05, 3.63) is 11.7 Å². The number of amides is 1. The van der Waals surface area contributed by atoms with Gasteiger partial charge in [0.2, 0.25) is 11.8 Å². The maximum atomic E-state index is 11.7. The number of rotatable bonds is 5. The van der Waals surface area contributed by atoms with Crippen LogP contribution in [0.1, 0.15) is 32.5 Å². The van der Waals surface area contributed by atoms with Crippen molar-refractivity contribution < 1.29 is 9.32 Å². The maximum Gasteiger partial charge on any atom is 0.239 e. The molecule has 0 radical (unpaired) electrons. The Morgan fingerprint density at radius 2 is 2.05 bits per heavy atom. The molecule has 8 heteroatoms. The minimum atomic E-state index is -0.245. The van der Waals surface area contributed by atoms with E-state index >= 15 is 0 Å². The lowest BCUT2D eigenvalue weighted by Gasteiger charge is -2.21. The second-order valence-corrected chi connectivity index (χ2v) is 5.64. The van der Waals surface area contributed by atoms with Crippen LogP contribution in [0.3, 0.4) is 0 Å². The van der Waals surface area contributed by atoms with E-state index in [0.29, 0.717) is 30.6 Å². The van der Waals surface area contributed by atoms with Crippen LogP contribution in [0.25, 0.3) is 0 Å². The molecule has 0 atom stereocenters. The van der Waals surface area contributed by atoms with Crippen molar-refractivity contribution in [3.8, 4) is 0 Å². The normalized spacial score (nSPS) is 12.1. The second-order valence-electron chi connectivity index (χ2n) is 5.64. The SMILES string of the molecule is CN=C(NCCc1nc(C)no1)NCC(=O)NC(C)(C)C. The monoisotopic (exact) mass is 296 g/mol. The van der Waals surface area contributed by atoms with Crippen LogP contribution in [-0.2, 0) is 11.2 Å². The summed E-state index contributed by atoms with van der Waals surface area (Å²) >= 11 is 0. The molecule has 3 N–H and O–H groups in total. The smallest absolute Gasteiger partial charge is 0.239 e. The molecular formula is C13H24N6O2. The summed E-state index contributed by atoms with van der Waals surface area (Å²) in [6.07, 6.45) is 0.593. The van der Waals surface area contributed by atoms with E-state index in [1.807, 2.05) is 20.8 Å². The average molecular weight is 296 g/mol. The van der Waals surface area contributed by atoms with E-state index in [-0.39, 0.29) is 18.0 Å². The molecule has 21 heavy (non-hydrogen) atoms. The molecule has 0 aliphatic rings.